The van der Waals surface area contributed by atoms with Crippen molar-refractivity contribution >= 4 is 11.7 Å². The SMILES string of the molecule is Cc1c(CCc2ccccn2)nc(N)c(=O)n1N(Cc1cccc(C(F)(F)F)c1)C(=O)CF. The van der Waals surface area contributed by atoms with E-state index in [1.807, 2.05) is 6.07 Å². The van der Waals surface area contributed by atoms with Crippen molar-refractivity contribution < 1.29 is 22.4 Å². The number of rotatable bonds is 7. The van der Waals surface area contributed by atoms with Gasteiger partial charge in [0.2, 0.25) is 0 Å². The fourth-order valence-electron chi connectivity index (χ4n) is 3.34. The molecule has 7 nitrogen and oxygen atoms in total. The number of nitrogens with zero attached hydrogens (tertiary/aromatic N) is 4. The molecule has 0 aliphatic heterocycles. The number of carbonyl (C=O) groups excluding carboxylic acids is 1. The molecule has 0 radical (unpaired) electrons. The maximum absolute atomic E-state index is 13.4. The lowest BCUT2D eigenvalue weighted by molar-refractivity contribution is -0.137. The van der Waals surface area contributed by atoms with E-state index in [0.29, 0.717) is 18.5 Å². The zero-order valence-electron chi connectivity index (χ0n) is 17.6. The first-order chi connectivity index (χ1) is 15.6. The fourth-order valence-corrected chi connectivity index (χ4v) is 3.34. The summed E-state index contributed by atoms with van der Waals surface area (Å²) in [6.07, 6.45) is -2.20. The van der Waals surface area contributed by atoms with Crippen molar-refractivity contribution in [3.63, 3.8) is 0 Å². The maximum atomic E-state index is 13.4. The van der Waals surface area contributed by atoms with E-state index < -0.39 is 42.2 Å². The van der Waals surface area contributed by atoms with Gasteiger partial charge in [0.05, 0.1) is 23.5 Å². The van der Waals surface area contributed by atoms with Crippen LogP contribution in [0.4, 0.5) is 23.4 Å². The fraction of sp³-hybridized carbons (Fsp3) is 0.273. The van der Waals surface area contributed by atoms with E-state index in [1.165, 1.54) is 19.1 Å². The van der Waals surface area contributed by atoms with Crippen molar-refractivity contribution in [1.29, 1.82) is 0 Å². The van der Waals surface area contributed by atoms with E-state index in [-0.39, 0.29) is 11.3 Å². The summed E-state index contributed by atoms with van der Waals surface area (Å²) in [7, 11) is 0. The minimum Gasteiger partial charge on any atom is -0.379 e. The van der Waals surface area contributed by atoms with E-state index in [0.717, 1.165) is 27.5 Å². The van der Waals surface area contributed by atoms with Crippen LogP contribution < -0.4 is 16.3 Å². The van der Waals surface area contributed by atoms with Crippen molar-refractivity contribution in [2.75, 3.05) is 17.4 Å². The molecule has 0 fully saturated rings. The Bertz CT molecular complexity index is 1200. The first-order valence-electron chi connectivity index (χ1n) is 9.92. The van der Waals surface area contributed by atoms with E-state index in [1.54, 1.807) is 18.3 Å². The van der Waals surface area contributed by atoms with E-state index in [9.17, 15) is 27.2 Å². The zero-order valence-corrected chi connectivity index (χ0v) is 17.6. The Morgan fingerprint density at radius 1 is 1.15 bits per heavy atom. The average Bonchev–Trinajstić information content (AvgIpc) is 2.79. The highest BCUT2D eigenvalue weighted by atomic mass is 19.4. The molecule has 0 aliphatic rings. The van der Waals surface area contributed by atoms with Crippen LogP contribution in [0.1, 0.15) is 28.2 Å². The molecule has 1 amide bonds. The second-order valence-electron chi connectivity index (χ2n) is 7.25. The van der Waals surface area contributed by atoms with Crippen LogP contribution in [0, 0.1) is 6.92 Å². The monoisotopic (exact) mass is 463 g/mol. The van der Waals surface area contributed by atoms with E-state index in [2.05, 4.69) is 9.97 Å². The third-order valence-corrected chi connectivity index (χ3v) is 4.98. The predicted molar refractivity (Wildman–Crippen MR) is 114 cm³/mol. The Balaban J connectivity index is 2.01. The van der Waals surface area contributed by atoms with Crippen molar-refractivity contribution in [1.82, 2.24) is 14.6 Å². The summed E-state index contributed by atoms with van der Waals surface area (Å²) in [6, 6.07) is 9.62. The third kappa shape index (κ3) is 5.54. The number of benzene rings is 1. The molecule has 0 atom stereocenters. The van der Waals surface area contributed by atoms with Gasteiger partial charge in [0.15, 0.2) is 12.5 Å². The molecule has 2 heterocycles. The molecule has 174 valence electrons. The molecule has 0 aliphatic carbocycles. The molecule has 1 aromatic carbocycles. The molecule has 0 bridgehead atoms. The molecular weight excluding hydrogens is 442 g/mol. The molecule has 0 unspecified atom stereocenters. The Labute approximate surface area is 186 Å². The lowest BCUT2D eigenvalue weighted by Gasteiger charge is -2.27. The summed E-state index contributed by atoms with van der Waals surface area (Å²) >= 11 is 0. The first-order valence-corrected chi connectivity index (χ1v) is 9.92. The highest BCUT2D eigenvalue weighted by Gasteiger charge is 2.31. The van der Waals surface area contributed by atoms with Crippen molar-refractivity contribution in [3.05, 3.63) is 87.2 Å². The first kappa shape index (κ1) is 23.9. The molecule has 2 N–H and O–H groups in total. The highest BCUT2D eigenvalue weighted by Crippen LogP contribution is 2.29. The van der Waals surface area contributed by atoms with E-state index >= 15 is 0 Å². The molecule has 3 rings (SSSR count). The Kier molecular flexibility index (Phi) is 7.10. The summed E-state index contributed by atoms with van der Waals surface area (Å²) in [5.74, 6) is -1.53. The topological polar surface area (TPSA) is 94.1 Å². The second kappa shape index (κ2) is 9.80. The molecule has 33 heavy (non-hydrogen) atoms. The van der Waals surface area contributed by atoms with Crippen LogP contribution in [0.3, 0.4) is 0 Å². The smallest absolute Gasteiger partial charge is 0.379 e. The van der Waals surface area contributed by atoms with E-state index in [4.69, 9.17) is 5.73 Å². The lowest BCUT2D eigenvalue weighted by atomic mass is 10.1. The van der Waals surface area contributed by atoms with Gasteiger partial charge < -0.3 is 5.73 Å². The zero-order chi connectivity index (χ0) is 24.2. The van der Waals surface area contributed by atoms with Gasteiger partial charge in [-0.15, -0.1) is 0 Å². The van der Waals surface area contributed by atoms with Gasteiger partial charge in [-0.05, 0) is 49.6 Å². The average molecular weight is 463 g/mol. The molecule has 0 spiro atoms. The van der Waals surface area contributed by atoms with Crippen molar-refractivity contribution in [2.24, 2.45) is 0 Å². The number of alkyl halides is 4. The number of nitrogen functional groups attached to an aromatic ring is 1. The van der Waals surface area contributed by atoms with Crippen LogP contribution in [0.5, 0.6) is 0 Å². The summed E-state index contributed by atoms with van der Waals surface area (Å²) < 4.78 is 53.5. The molecule has 11 heteroatoms. The van der Waals surface area contributed by atoms with Crippen LogP contribution in [0.25, 0.3) is 0 Å². The van der Waals surface area contributed by atoms with Crippen LogP contribution in [-0.4, -0.2) is 27.2 Å². The van der Waals surface area contributed by atoms with Crippen molar-refractivity contribution in [3.8, 4) is 0 Å². The number of halogens is 4. The number of aryl methyl sites for hydroxylation is 2. The number of hydrogen-bond donors (Lipinski definition) is 1. The number of aromatic nitrogens is 3. The Hall–Kier alpha value is -3.76. The summed E-state index contributed by atoms with van der Waals surface area (Å²) in [4.78, 5) is 33.5. The largest absolute Gasteiger partial charge is 0.416 e. The third-order valence-electron chi connectivity index (χ3n) is 4.98. The lowest BCUT2D eigenvalue weighted by Crippen LogP contribution is -2.49. The molecule has 3 aromatic rings. The van der Waals surface area contributed by atoms with Crippen LogP contribution >= 0.6 is 0 Å². The van der Waals surface area contributed by atoms with Gasteiger partial charge in [-0.25, -0.2) is 19.1 Å². The van der Waals surface area contributed by atoms with Gasteiger partial charge in [-0.3, -0.25) is 14.6 Å². The Morgan fingerprint density at radius 2 is 1.91 bits per heavy atom. The molecule has 2 aromatic heterocycles. The summed E-state index contributed by atoms with van der Waals surface area (Å²) in [5, 5.41) is 0.745. The number of pyridine rings is 1. The summed E-state index contributed by atoms with van der Waals surface area (Å²) in [5.41, 5.74) is 5.39. The normalized spacial score (nSPS) is 11.4. The minimum atomic E-state index is -4.60. The van der Waals surface area contributed by atoms with Gasteiger partial charge in [0.25, 0.3) is 5.91 Å². The standard InChI is InChI=1S/C22H21F4N5O2/c1-14-18(9-8-17-7-2-3-10-28-17)29-20(27)21(33)31(14)30(19(32)12-23)13-15-5-4-6-16(11-15)22(24,25)26/h2-7,10-11H,8-9,12-13H2,1H3,(H2,27,29). The highest BCUT2D eigenvalue weighted by molar-refractivity contribution is 5.87. The van der Waals surface area contributed by atoms with Crippen LogP contribution in [0.2, 0.25) is 0 Å². The van der Waals surface area contributed by atoms with Crippen LogP contribution in [-0.2, 0) is 30.4 Å². The van der Waals surface area contributed by atoms with Gasteiger partial charge >= 0.3 is 11.7 Å². The predicted octanol–water partition coefficient (Wildman–Crippen LogP) is 2.97. The number of hydrogen-bond acceptors (Lipinski definition) is 5. The number of carbonyl (C=O) groups is 1. The molecule has 0 saturated heterocycles. The summed E-state index contributed by atoms with van der Waals surface area (Å²) in [6.45, 7) is -0.431. The second-order valence-corrected chi connectivity index (χ2v) is 7.25. The van der Waals surface area contributed by atoms with Crippen LogP contribution in [0.15, 0.2) is 53.5 Å². The van der Waals surface area contributed by atoms with Gasteiger partial charge in [0, 0.05) is 11.9 Å². The minimum absolute atomic E-state index is 0.0587. The number of amides is 1. The van der Waals surface area contributed by atoms with Gasteiger partial charge in [-0.2, -0.15) is 13.2 Å². The number of nitrogens with two attached hydrogens (primary N) is 1. The van der Waals surface area contributed by atoms with Crippen molar-refractivity contribution in [2.45, 2.75) is 32.5 Å². The number of anilines is 1. The quantitative estimate of drug-likeness (QED) is 0.544. The maximum Gasteiger partial charge on any atom is 0.416 e. The molecular formula is C22H21F4N5O2. The molecule has 0 saturated carbocycles. The van der Waals surface area contributed by atoms with Gasteiger partial charge in [-0.1, -0.05) is 18.2 Å². The Morgan fingerprint density at radius 3 is 2.55 bits per heavy atom. The van der Waals surface area contributed by atoms with Gasteiger partial charge in [0.1, 0.15) is 0 Å².